The number of aromatic carboxylic acids is 1. The van der Waals surface area contributed by atoms with E-state index in [2.05, 4.69) is 0 Å². The van der Waals surface area contributed by atoms with Crippen LogP contribution in [-0.2, 0) is 0 Å². The largest absolute Gasteiger partial charge is 0.478 e. The van der Waals surface area contributed by atoms with E-state index < -0.39 is 5.97 Å². The lowest BCUT2D eigenvalue weighted by atomic mass is 10.1. The summed E-state index contributed by atoms with van der Waals surface area (Å²) in [6, 6.07) is 9.39. The van der Waals surface area contributed by atoms with Crippen molar-refractivity contribution in [2.45, 2.75) is 26.8 Å². The van der Waals surface area contributed by atoms with Crippen LogP contribution in [0.4, 0.5) is 0 Å². The van der Waals surface area contributed by atoms with Crippen LogP contribution in [0.2, 0.25) is 5.02 Å². The van der Waals surface area contributed by atoms with Gasteiger partial charge in [-0.05, 0) is 44.5 Å². The van der Waals surface area contributed by atoms with Gasteiger partial charge in [-0.15, -0.1) is 0 Å². The van der Waals surface area contributed by atoms with Gasteiger partial charge in [0.15, 0.2) is 0 Å². The van der Waals surface area contributed by atoms with Gasteiger partial charge in [0.1, 0.15) is 0 Å². The first-order valence-electron chi connectivity index (χ1n) is 6.09. The van der Waals surface area contributed by atoms with E-state index in [1.165, 1.54) is 0 Å². The molecule has 0 fully saturated rings. The third-order valence-corrected chi connectivity index (χ3v) is 3.67. The Hall–Kier alpha value is -1.74. The molecule has 0 amide bonds. The van der Waals surface area contributed by atoms with Crippen LogP contribution in [-0.4, -0.2) is 15.6 Å². The van der Waals surface area contributed by atoms with Gasteiger partial charge in [0.05, 0.1) is 11.6 Å². The van der Waals surface area contributed by atoms with Crippen molar-refractivity contribution in [1.82, 2.24) is 4.57 Å². The smallest absolute Gasteiger partial charge is 0.337 e. The second-order valence-electron chi connectivity index (χ2n) is 4.69. The number of hydrogen-bond acceptors (Lipinski definition) is 1. The molecule has 0 saturated carbocycles. The molecule has 1 heterocycles. The van der Waals surface area contributed by atoms with Crippen LogP contribution < -0.4 is 0 Å². The van der Waals surface area contributed by atoms with Gasteiger partial charge < -0.3 is 9.67 Å². The van der Waals surface area contributed by atoms with Gasteiger partial charge in [-0.3, -0.25) is 0 Å². The van der Waals surface area contributed by atoms with Crippen LogP contribution in [0.5, 0.6) is 0 Å². The Morgan fingerprint density at radius 2 is 2.00 bits per heavy atom. The molecular formula is C15H16ClNO2. The van der Waals surface area contributed by atoms with Crippen molar-refractivity contribution in [2.24, 2.45) is 0 Å². The fraction of sp³-hybridized carbons (Fsp3) is 0.267. The zero-order chi connectivity index (χ0) is 14.2. The fourth-order valence-electron chi connectivity index (χ4n) is 2.51. The summed E-state index contributed by atoms with van der Waals surface area (Å²) in [6.45, 7) is 5.79. The molecule has 0 aliphatic rings. The highest BCUT2D eigenvalue weighted by molar-refractivity contribution is 6.30. The van der Waals surface area contributed by atoms with E-state index in [1.807, 2.05) is 49.6 Å². The van der Waals surface area contributed by atoms with E-state index in [-0.39, 0.29) is 6.04 Å². The maximum absolute atomic E-state index is 11.2. The Balaban J connectivity index is 2.50. The zero-order valence-electron chi connectivity index (χ0n) is 11.1. The summed E-state index contributed by atoms with van der Waals surface area (Å²) in [5.41, 5.74) is 3.11. The minimum atomic E-state index is -0.891. The number of benzene rings is 1. The highest BCUT2D eigenvalue weighted by Gasteiger charge is 2.19. The van der Waals surface area contributed by atoms with Gasteiger partial charge in [-0.1, -0.05) is 23.7 Å². The van der Waals surface area contributed by atoms with Crippen molar-refractivity contribution in [2.75, 3.05) is 0 Å². The highest BCUT2D eigenvalue weighted by atomic mass is 35.5. The van der Waals surface area contributed by atoms with Crippen LogP contribution in [0, 0.1) is 13.8 Å². The number of hydrogen-bond donors (Lipinski definition) is 1. The molecule has 3 nitrogen and oxygen atoms in total. The van der Waals surface area contributed by atoms with Crippen molar-refractivity contribution in [3.05, 3.63) is 57.9 Å². The maximum Gasteiger partial charge on any atom is 0.337 e. The second kappa shape index (κ2) is 5.10. The number of aromatic nitrogens is 1. The van der Waals surface area contributed by atoms with Gasteiger partial charge in [-0.2, -0.15) is 0 Å². The molecule has 0 radical (unpaired) electrons. The fourth-order valence-corrected chi connectivity index (χ4v) is 2.70. The quantitative estimate of drug-likeness (QED) is 0.919. The van der Waals surface area contributed by atoms with E-state index in [4.69, 9.17) is 16.7 Å². The summed E-state index contributed by atoms with van der Waals surface area (Å²) < 4.78 is 2.02. The first-order chi connectivity index (χ1) is 8.91. The summed E-state index contributed by atoms with van der Waals surface area (Å²) in [5.74, 6) is -0.891. The molecule has 1 aromatic carbocycles. The van der Waals surface area contributed by atoms with E-state index in [0.717, 1.165) is 17.0 Å². The number of rotatable bonds is 3. The van der Waals surface area contributed by atoms with Crippen molar-refractivity contribution >= 4 is 17.6 Å². The predicted octanol–water partition coefficient (Wildman–Crippen LogP) is 4.07. The van der Waals surface area contributed by atoms with E-state index in [9.17, 15) is 4.79 Å². The molecule has 0 spiro atoms. The molecule has 0 aliphatic heterocycles. The van der Waals surface area contributed by atoms with E-state index in [0.29, 0.717) is 10.6 Å². The number of carbonyl (C=O) groups is 1. The van der Waals surface area contributed by atoms with Gasteiger partial charge >= 0.3 is 5.97 Å². The Morgan fingerprint density at radius 1 is 1.32 bits per heavy atom. The second-order valence-corrected chi connectivity index (χ2v) is 5.13. The normalized spacial score (nSPS) is 12.4. The standard InChI is InChI=1S/C15H16ClNO2/c1-9-7-14(15(18)19)11(3)17(9)10(2)12-5-4-6-13(16)8-12/h4-8,10H,1-3H3,(H,18,19). The Kier molecular flexibility index (Phi) is 3.67. The van der Waals surface area contributed by atoms with Crippen LogP contribution in [0.1, 0.15) is 40.3 Å². The Labute approximate surface area is 117 Å². The van der Waals surface area contributed by atoms with Gasteiger partial charge in [0.2, 0.25) is 0 Å². The first-order valence-corrected chi connectivity index (χ1v) is 6.46. The van der Waals surface area contributed by atoms with Crippen molar-refractivity contribution in [1.29, 1.82) is 0 Å². The molecular weight excluding hydrogens is 262 g/mol. The van der Waals surface area contributed by atoms with Crippen molar-refractivity contribution in [3.8, 4) is 0 Å². The summed E-state index contributed by atoms with van der Waals surface area (Å²) in [5, 5.41) is 9.85. The summed E-state index contributed by atoms with van der Waals surface area (Å²) in [7, 11) is 0. The minimum absolute atomic E-state index is 0.0480. The molecule has 1 atom stereocenters. The predicted molar refractivity (Wildman–Crippen MR) is 76.1 cm³/mol. The van der Waals surface area contributed by atoms with E-state index in [1.54, 1.807) is 6.07 Å². The lowest BCUT2D eigenvalue weighted by molar-refractivity contribution is 0.0696. The minimum Gasteiger partial charge on any atom is -0.478 e. The van der Waals surface area contributed by atoms with E-state index >= 15 is 0 Å². The number of aryl methyl sites for hydroxylation is 1. The van der Waals surface area contributed by atoms with Crippen LogP contribution in [0.15, 0.2) is 30.3 Å². The molecule has 2 aromatic rings. The molecule has 0 saturated heterocycles. The average Bonchev–Trinajstić information content (AvgIpc) is 2.64. The van der Waals surface area contributed by atoms with Crippen LogP contribution in [0.3, 0.4) is 0 Å². The molecule has 0 bridgehead atoms. The number of carboxylic acids is 1. The van der Waals surface area contributed by atoms with Crippen LogP contribution in [0.25, 0.3) is 0 Å². The molecule has 1 aromatic heterocycles. The summed E-state index contributed by atoms with van der Waals surface area (Å²) in [4.78, 5) is 11.2. The SMILES string of the molecule is Cc1cc(C(=O)O)c(C)n1C(C)c1cccc(Cl)c1. The Bertz CT molecular complexity index is 631. The van der Waals surface area contributed by atoms with Crippen molar-refractivity contribution < 1.29 is 9.90 Å². The number of halogens is 1. The van der Waals surface area contributed by atoms with Crippen LogP contribution >= 0.6 is 11.6 Å². The lowest BCUT2D eigenvalue weighted by Gasteiger charge is -2.19. The van der Waals surface area contributed by atoms with Gasteiger partial charge in [0, 0.05) is 16.4 Å². The molecule has 100 valence electrons. The summed E-state index contributed by atoms with van der Waals surface area (Å²) in [6.07, 6.45) is 0. The molecule has 2 rings (SSSR count). The highest BCUT2D eigenvalue weighted by Crippen LogP contribution is 2.26. The molecule has 4 heteroatoms. The zero-order valence-corrected chi connectivity index (χ0v) is 11.9. The topological polar surface area (TPSA) is 42.2 Å². The number of nitrogens with zero attached hydrogens (tertiary/aromatic N) is 1. The number of carboxylic acid groups (broad SMARTS) is 1. The van der Waals surface area contributed by atoms with Gasteiger partial charge in [-0.25, -0.2) is 4.79 Å². The maximum atomic E-state index is 11.2. The molecule has 1 unspecified atom stereocenters. The van der Waals surface area contributed by atoms with Gasteiger partial charge in [0.25, 0.3) is 0 Å². The summed E-state index contributed by atoms with van der Waals surface area (Å²) >= 11 is 6.01. The average molecular weight is 278 g/mol. The molecule has 0 aliphatic carbocycles. The lowest BCUT2D eigenvalue weighted by Crippen LogP contribution is -2.11. The molecule has 1 N–H and O–H groups in total. The third-order valence-electron chi connectivity index (χ3n) is 3.43. The third kappa shape index (κ3) is 2.51. The molecule has 19 heavy (non-hydrogen) atoms. The first kappa shape index (κ1) is 13.7. The van der Waals surface area contributed by atoms with Crippen molar-refractivity contribution in [3.63, 3.8) is 0 Å². The Morgan fingerprint density at radius 3 is 2.53 bits per heavy atom. The monoisotopic (exact) mass is 277 g/mol.